The van der Waals surface area contributed by atoms with Crippen molar-refractivity contribution in [1.29, 1.82) is 0 Å². The summed E-state index contributed by atoms with van der Waals surface area (Å²) in [5, 5.41) is 0. The van der Waals surface area contributed by atoms with E-state index in [0.717, 1.165) is 12.4 Å². The predicted molar refractivity (Wildman–Crippen MR) is 44.1 cm³/mol. The Morgan fingerprint density at radius 1 is 1.23 bits per heavy atom. The molecule has 0 aliphatic heterocycles. The van der Waals surface area contributed by atoms with Crippen molar-refractivity contribution in [2.24, 2.45) is 0 Å². The van der Waals surface area contributed by atoms with E-state index in [4.69, 9.17) is 0 Å². The number of halogens is 1. The van der Waals surface area contributed by atoms with Gasteiger partial charge in [-0.2, -0.15) is 0 Å². The van der Waals surface area contributed by atoms with E-state index in [1.165, 1.54) is 0 Å². The maximum Gasteiger partial charge on any atom is 0.161 e. The monoisotopic (exact) mass is 174 g/mol. The Labute approximate surface area is 74.3 Å². The SMILES string of the molecule is Fc1cnc(-c2[c]nccc2)nc1. The first-order chi connectivity index (χ1) is 6.36. The lowest BCUT2D eigenvalue weighted by molar-refractivity contribution is 0.614. The van der Waals surface area contributed by atoms with Crippen LogP contribution in [0.25, 0.3) is 11.4 Å². The molecule has 0 aromatic carbocycles. The molecule has 0 aliphatic carbocycles. The third-order valence-corrected chi connectivity index (χ3v) is 1.47. The molecular formula is C9H5FN3. The molecule has 0 spiro atoms. The Bertz CT molecular complexity index is 385. The number of hydrogen-bond donors (Lipinski definition) is 0. The molecule has 0 unspecified atom stereocenters. The highest BCUT2D eigenvalue weighted by Gasteiger charge is 2.00. The standard InChI is InChI=1S/C9H5FN3/c10-8-5-12-9(13-6-8)7-2-1-3-11-4-7/h1-3,5-6H. The van der Waals surface area contributed by atoms with Crippen LogP contribution >= 0.6 is 0 Å². The van der Waals surface area contributed by atoms with Crippen LogP contribution in [0.4, 0.5) is 4.39 Å². The van der Waals surface area contributed by atoms with Gasteiger partial charge in [0.1, 0.15) is 6.20 Å². The van der Waals surface area contributed by atoms with Crippen LogP contribution < -0.4 is 0 Å². The minimum absolute atomic E-state index is 0.425. The fourth-order valence-corrected chi connectivity index (χ4v) is 0.902. The highest BCUT2D eigenvalue weighted by atomic mass is 19.1. The quantitative estimate of drug-likeness (QED) is 0.657. The maximum absolute atomic E-state index is 12.5. The number of nitrogens with zero attached hydrogens (tertiary/aromatic N) is 3. The second kappa shape index (κ2) is 3.26. The second-order valence-electron chi connectivity index (χ2n) is 2.39. The Morgan fingerprint density at radius 2 is 2.00 bits per heavy atom. The number of rotatable bonds is 1. The van der Waals surface area contributed by atoms with Crippen molar-refractivity contribution in [3.05, 3.63) is 42.7 Å². The molecule has 0 amide bonds. The molecule has 13 heavy (non-hydrogen) atoms. The molecule has 3 nitrogen and oxygen atoms in total. The van der Waals surface area contributed by atoms with E-state index in [9.17, 15) is 4.39 Å². The van der Waals surface area contributed by atoms with E-state index in [0.29, 0.717) is 11.4 Å². The summed E-state index contributed by atoms with van der Waals surface area (Å²) in [6.45, 7) is 0. The molecular weight excluding hydrogens is 169 g/mol. The fourth-order valence-electron chi connectivity index (χ4n) is 0.902. The molecule has 1 radical (unpaired) electrons. The van der Waals surface area contributed by atoms with E-state index >= 15 is 0 Å². The van der Waals surface area contributed by atoms with Crippen LogP contribution in [-0.2, 0) is 0 Å². The van der Waals surface area contributed by atoms with Crippen LogP contribution in [0.15, 0.2) is 30.7 Å². The topological polar surface area (TPSA) is 38.7 Å². The third kappa shape index (κ3) is 1.66. The summed E-state index contributed by atoms with van der Waals surface area (Å²) < 4.78 is 12.5. The fraction of sp³-hybridized carbons (Fsp3) is 0. The Kier molecular flexibility index (Phi) is 1.96. The van der Waals surface area contributed by atoms with E-state index in [2.05, 4.69) is 21.1 Å². The highest BCUT2D eigenvalue weighted by molar-refractivity contribution is 5.51. The largest absolute Gasteiger partial charge is 0.254 e. The lowest BCUT2D eigenvalue weighted by Crippen LogP contribution is -1.89. The zero-order valence-electron chi connectivity index (χ0n) is 6.61. The van der Waals surface area contributed by atoms with Crippen molar-refractivity contribution < 1.29 is 4.39 Å². The summed E-state index contributed by atoms with van der Waals surface area (Å²) in [5.74, 6) is -0.0258. The summed E-state index contributed by atoms with van der Waals surface area (Å²) in [6, 6.07) is 3.51. The normalized spacial score (nSPS) is 9.92. The van der Waals surface area contributed by atoms with Gasteiger partial charge in [-0.3, -0.25) is 4.98 Å². The van der Waals surface area contributed by atoms with E-state index < -0.39 is 5.82 Å². The number of hydrogen-bond acceptors (Lipinski definition) is 3. The molecule has 0 saturated heterocycles. The minimum Gasteiger partial charge on any atom is -0.254 e. The van der Waals surface area contributed by atoms with Gasteiger partial charge in [-0.05, 0) is 12.1 Å². The van der Waals surface area contributed by atoms with Crippen LogP contribution in [0.1, 0.15) is 0 Å². The summed E-state index contributed by atoms with van der Waals surface area (Å²) in [6.07, 6.45) is 6.54. The van der Waals surface area contributed by atoms with Gasteiger partial charge in [0.2, 0.25) is 0 Å². The number of aromatic nitrogens is 3. The van der Waals surface area contributed by atoms with Gasteiger partial charge in [0.15, 0.2) is 11.6 Å². The van der Waals surface area contributed by atoms with Gasteiger partial charge in [-0.25, -0.2) is 14.4 Å². The van der Waals surface area contributed by atoms with Gasteiger partial charge in [-0.15, -0.1) is 0 Å². The van der Waals surface area contributed by atoms with Gasteiger partial charge >= 0.3 is 0 Å². The average Bonchev–Trinajstić information content (AvgIpc) is 2.20. The van der Waals surface area contributed by atoms with Gasteiger partial charge in [0, 0.05) is 11.8 Å². The molecule has 2 aromatic heterocycles. The van der Waals surface area contributed by atoms with E-state index in [1.54, 1.807) is 18.3 Å². The second-order valence-corrected chi connectivity index (χ2v) is 2.39. The molecule has 4 heteroatoms. The first-order valence-electron chi connectivity index (χ1n) is 3.67. The first-order valence-corrected chi connectivity index (χ1v) is 3.67. The van der Waals surface area contributed by atoms with E-state index in [1.807, 2.05) is 0 Å². The third-order valence-electron chi connectivity index (χ3n) is 1.47. The van der Waals surface area contributed by atoms with Crippen molar-refractivity contribution in [3.8, 4) is 11.4 Å². The van der Waals surface area contributed by atoms with Crippen molar-refractivity contribution >= 4 is 0 Å². The number of pyridine rings is 1. The average molecular weight is 174 g/mol. The summed E-state index contributed by atoms with van der Waals surface area (Å²) in [7, 11) is 0. The molecule has 2 heterocycles. The van der Waals surface area contributed by atoms with Gasteiger partial charge < -0.3 is 0 Å². The smallest absolute Gasteiger partial charge is 0.161 e. The predicted octanol–water partition coefficient (Wildman–Crippen LogP) is 1.48. The molecule has 2 aromatic rings. The lowest BCUT2D eigenvalue weighted by atomic mass is 10.3. The van der Waals surface area contributed by atoms with Crippen LogP contribution in [0.2, 0.25) is 0 Å². The molecule has 2 rings (SSSR count). The molecule has 0 saturated carbocycles. The van der Waals surface area contributed by atoms with Crippen molar-refractivity contribution in [1.82, 2.24) is 15.0 Å². The minimum atomic E-state index is -0.451. The molecule has 0 atom stereocenters. The summed E-state index contributed by atoms with van der Waals surface area (Å²) in [5.41, 5.74) is 0.655. The van der Waals surface area contributed by atoms with Crippen molar-refractivity contribution in [2.75, 3.05) is 0 Å². The Hall–Kier alpha value is -1.84. The summed E-state index contributed by atoms with van der Waals surface area (Å²) >= 11 is 0. The molecule has 0 fully saturated rings. The van der Waals surface area contributed by atoms with E-state index in [-0.39, 0.29) is 0 Å². The Morgan fingerprint density at radius 3 is 2.62 bits per heavy atom. The molecule has 0 N–H and O–H groups in total. The van der Waals surface area contributed by atoms with Crippen molar-refractivity contribution in [2.45, 2.75) is 0 Å². The first kappa shape index (κ1) is 7.79. The van der Waals surface area contributed by atoms with Crippen LogP contribution in [0, 0.1) is 12.0 Å². The Balaban J connectivity index is 2.42. The van der Waals surface area contributed by atoms with Crippen LogP contribution in [-0.4, -0.2) is 15.0 Å². The van der Waals surface area contributed by atoms with Crippen LogP contribution in [0.5, 0.6) is 0 Å². The lowest BCUT2D eigenvalue weighted by Gasteiger charge is -1.96. The zero-order valence-corrected chi connectivity index (χ0v) is 6.61. The molecule has 0 bridgehead atoms. The van der Waals surface area contributed by atoms with Gasteiger partial charge in [0.05, 0.1) is 12.4 Å². The summed E-state index contributed by atoms with van der Waals surface area (Å²) in [4.78, 5) is 11.4. The highest BCUT2D eigenvalue weighted by Crippen LogP contribution is 2.10. The van der Waals surface area contributed by atoms with Gasteiger partial charge in [-0.1, -0.05) is 0 Å². The zero-order chi connectivity index (χ0) is 9.10. The maximum atomic E-state index is 12.5. The van der Waals surface area contributed by atoms with Gasteiger partial charge in [0.25, 0.3) is 0 Å². The van der Waals surface area contributed by atoms with Crippen LogP contribution in [0.3, 0.4) is 0 Å². The van der Waals surface area contributed by atoms with Crippen molar-refractivity contribution in [3.63, 3.8) is 0 Å². The molecule has 63 valence electrons. The molecule has 0 aliphatic rings.